The van der Waals surface area contributed by atoms with Gasteiger partial charge in [-0.2, -0.15) is 17.5 Å². The average molecular weight is 520 g/mol. The topological polar surface area (TPSA) is 84.3 Å². The summed E-state index contributed by atoms with van der Waals surface area (Å²) in [5, 5.41) is 21.6. The van der Waals surface area contributed by atoms with E-state index in [1.54, 1.807) is 17.5 Å². The first-order valence-electron chi connectivity index (χ1n) is 11.0. The molecule has 2 saturated heterocycles. The number of thiophene rings is 1. The van der Waals surface area contributed by atoms with Gasteiger partial charge in [-0.3, -0.25) is 4.90 Å². The fraction of sp³-hybridized carbons (Fsp3) is 0.545. The first-order chi connectivity index (χ1) is 15.9. The molecule has 2 aliphatic heterocycles. The van der Waals surface area contributed by atoms with Gasteiger partial charge in [0.25, 0.3) is 10.0 Å². The molecule has 2 aliphatic rings. The van der Waals surface area contributed by atoms with Crippen LogP contribution >= 0.6 is 11.3 Å². The summed E-state index contributed by atoms with van der Waals surface area (Å²) >= 11 is 1.16. The Morgan fingerprint density at radius 2 is 1.79 bits per heavy atom. The molecule has 3 heterocycles. The van der Waals surface area contributed by atoms with E-state index in [-0.39, 0.29) is 28.9 Å². The van der Waals surface area contributed by atoms with E-state index < -0.39 is 27.9 Å². The first-order valence-corrected chi connectivity index (χ1v) is 13.3. The van der Waals surface area contributed by atoms with Crippen molar-refractivity contribution in [3.63, 3.8) is 0 Å². The maximum Gasteiger partial charge on any atom is 0.421 e. The van der Waals surface area contributed by atoms with Crippen molar-refractivity contribution in [2.75, 3.05) is 44.2 Å². The van der Waals surface area contributed by atoms with Crippen molar-refractivity contribution >= 4 is 27.0 Å². The van der Waals surface area contributed by atoms with E-state index in [4.69, 9.17) is 0 Å². The number of rotatable bonds is 6. The van der Waals surface area contributed by atoms with Crippen molar-refractivity contribution in [1.29, 1.82) is 0 Å². The third kappa shape index (κ3) is 4.98. The summed E-state index contributed by atoms with van der Waals surface area (Å²) in [6.45, 7) is 3.23. The fourth-order valence-corrected chi connectivity index (χ4v) is 7.11. The summed E-state index contributed by atoms with van der Waals surface area (Å²) in [7, 11) is -3.64. The molecule has 188 valence electrons. The average Bonchev–Trinajstić information content (AvgIpc) is 3.45. The Morgan fingerprint density at radius 3 is 2.35 bits per heavy atom. The highest BCUT2D eigenvalue weighted by atomic mass is 32.2. The highest BCUT2D eigenvalue weighted by molar-refractivity contribution is 7.91. The molecule has 0 unspecified atom stereocenters. The van der Waals surface area contributed by atoms with Crippen LogP contribution < -0.4 is 4.90 Å². The number of alkyl halides is 3. The Kier molecular flexibility index (Phi) is 7.02. The third-order valence-electron chi connectivity index (χ3n) is 6.56. The van der Waals surface area contributed by atoms with Gasteiger partial charge in [-0.15, -0.1) is 11.3 Å². The minimum atomic E-state index is -4.81. The molecule has 3 atom stereocenters. The van der Waals surface area contributed by atoms with Crippen LogP contribution in [0.25, 0.3) is 0 Å². The number of benzene rings is 1. The minimum Gasteiger partial charge on any atom is -0.392 e. The van der Waals surface area contributed by atoms with Gasteiger partial charge in [-0.05, 0) is 42.5 Å². The molecule has 12 heteroatoms. The molecular weight excluding hydrogens is 491 g/mol. The fourth-order valence-electron chi connectivity index (χ4n) is 4.50. The lowest BCUT2D eigenvalue weighted by atomic mass is 9.95. The number of hydrogen-bond acceptors (Lipinski definition) is 7. The molecule has 2 fully saturated rings. The van der Waals surface area contributed by atoms with Gasteiger partial charge in [0.1, 0.15) is 4.21 Å². The van der Waals surface area contributed by atoms with Crippen molar-refractivity contribution < 1.29 is 31.8 Å². The van der Waals surface area contributed by atoms with Gasteiger partial charge in [0.2, 0.25) is 0 Å². The maximum absolute atomic E-state index is 13.2. The number of β-amino-alcohol motifs (C(OH)–C–C–N with tert-alkyl or cyclic N) is 1. The lowest BCUT2D eigenvalue weighted by Crippen LogP contribution is -2.58. The van der Waals surface area contributed by atoms with Crippen molar-refractivity contribution in [2.45, 2.75) is 41.5 Å². The summed E-state index contributed by atoms with van der Waals surface area (Å²) in [4.78, 5) is 4.07. The summed E-state index contributed by atoms with van der Waals surface area (Å²) in [5.41, 5.74) is -2.58. The zero-order valence-electron chi connectivity index (χ0n) is 18.6. The summed E-state index contributed by atoms with van der Waals surface area (Å²) in [5.74, 6) is 0. The highest BCUT2D eigenvalue weighted by Gasteiger charge is 2.51. The Hall–Kier alpha value is -1.70. The van der Waals surface area contributed by atoms with Gasteiger partial charge in [-0.1, -0.05) is 18.2 Å². The Bertz CT molecular complexity index is 1080. The molecular formula is C22H28F3N3O4S2. The molecule has 0 bridgehead atoms. The van der Waals surface area contributed by atoms with Crippen LogP contribution in [0.4, 0.5) is 18.9 Å². The Morgan fingerprint density at radius 1 is 1.09 bits per heavy atom. The van der Waals surface area contributed by atoms with Crippen LogP contribution in [0.3, 0.4) is 0 Å². The molecule has 2 N–H and O–H groups in total. The lowest BCUT2D eigenvalue weighted by molar-refractivity contribution is -0.258. The number of aliphatic hydroxyl groups excluding tert-OH is 1. The van der Waals surface area contributed by atoms with Crippen molar-refractivity contribution in [2.24, 2.45) is 0 Å². The molecule has 2 aromatic rings. The molecule has 34 heavy (non-hydrogen) atoms. The van der Waals surface area contributed by atoms with Crippen molar-refractivity contribution in [1.82, 2.24) is 9.21 Å². The molecule has 7 nitrogen and oxygen atoms in total. The van der Waals surface area contributed by atoms with Gasteiger partial charge >= 0.3 is 6.18 Å². The SMILES string of the molecule is C[C@](O)(c1ccc(N2CCN(S(=O)(=O)c3cccs3)C[C@H]2CN2CC[C@@H](O)C2)cc1)C(F)(F)F. The predicted octanol–water partition coefficient (Wildman–Crippen LogP) is 2.46. The molecule has 4 rings (SSSR count). The molecule has 1 aromatic heterocycles. The van der Waals surface area contributed by atoms with Crippen LogP contribution in [-0.2, 0) is 15.6 Å². The monoisotopic (exact) mass is 519 g/mol. The second kappa shape index (κ2) is 9.40. The van der Waals surface area contributed by atoms with E-state index in [1.165, 1.54) is 28.6 Å². The van der Waals surface area contributed by atoms with E-state index in [9.17, 15) is 31.8 Å². The molecule has 0 aliphatic carbocycles. The van der Waals surface area contributed by atoms with E-state index in [2.05, 4.69) is 4.90 Å². The Labute approximate surface area is 201 Å². The first kappa shape index (κ1) is 25.4. The normalized spacial score (nSPS) is 24.9. The maximum atomic E-state index is 13.2. The van der Waals surface area contributed by atoms with Crippen molar-refractivity contribution in [3.05, 3.63) is 47.3 Å². The molecule has 0 amide bonds. The molecule has 0 spiro atoms. The van der Waals surface area contributed by atoms with Crippen molar-refractivity contribution in [3.8, 4) is 0 Å². The zero-order chi connectivity index (χ0) is 24.7. The van der Waals surface area contributed by atoms with Gasteiger partial charge in [-0.25, -0.2) is 8.42 Å². The predicted molar refractivity (Wildman–Crippen MR) is 123 cm³/mol. The van der Waals surface area contributed by atoms with Crippen LogP contribution in [-0.4, -0.2) is 85.4 Å². The molecule has 0 saturated carbocycles. The number of aliphatic hydroxyl groups is 2. The number of piperazine rings is 1. The minimum absolute atomic E-state index is 0.217. The second-order valence-electron chi connectivity index (χ2n) is 8.96. The van der Waals surface area contributed by atoms with Crippen LogP contribution in [0.15, 0.2) is 46.0 Å². The van der Waals surface area contributed by atoms with Crippen LogP contribution in [0.5, 0.6) is 0 Å². The number of anilines is 1. The number of halogens is 3. The van der Waals surface area contributed by atoms with E-state index in [0.29, 0.717) is 38.3 Å². The van der Waals surface area contributed by atoms with E-state index >= 15 is 0 Å². The number of sulfonamides is 1. The van der Waals surface area contributed by atoms with Gasteiger partial charge < -0.3 is 15.1 Å². The Balaban J connectivity index is 1.58. The summed E-state index contributed by atoms with van der Waals surface area (Å²) < 4.78 is 67.6. The van der Waals surface area contributed by atoms with Crippen LogP contribution in [0, 0.1) is 0 Å². The van der Waals surface area contributed by atoms with E-state index in [1.807, 2.05) is 4.90 Å². The number of nitrogens with zero attached hydrogens (tertiary/aromatic N) is 3. The van der Waals surface area contributed by atoms with Gasteiger partial charge in [0, 0.05) is 45.0 Å². The van der Waals surface area contributed by atoms with Gasteiger partial charge in [0.05, 0.1) is 12.1 Å². The number of likely N-dealkylation sites (tertiary alicyclic amines) is 1. The second-order valence-corrected chi connectivity index (χ2v) is 12.1. The van der Waals surface area contributed by atoms with Crippen LogP contribution in [0.1, 0.15) is 18.9 Å². The quantitative estimate of drug-likeness (QED) is 0.610. The zero-order valence-corrected chi connectivity index (χ0v) is 20.3. The van der Waals surface area contributed by atoms with E-state index in [0.717, 1.165) is 18.3 Å². The highest BCUT2D eigenvalue weighted by Crippen LogP contribution is 2.39. The third-order valence-corrected chi connectivity index (χ3v) is 9.80. The standard InChI is InChI=1S/C22H28F3N3O4S2/c1-21(30,22(23,24)25)16-4-6-17(7-5-16)28-11-10-27(34(31,32)20-3-2-12-33-20)14-18(28)13-26-9-8-19(29)15-26/h2-7,12,18-19,29-30H,8-11,13-15H2,1H3/t18-,19-,21+/m1/s1. The number of hydrogen-bond donors (Lipinski definition) is 2. The largest absolute Gasteiger partial charge is 0.421 e. The van der Waals surface area contributed by atoms with Gasteiger partial charge in [0.15, 0.2) is 5.60 Å². The molecule has 0 radical (unpaired) electrons. The van der Waals surface area contributed by atoms with Crippen LogP contribution in [0.2, 0.25) is 0 Å². The smallest absolute Gasteiger partial charge is 0.392 e. The lowest BCUT2D eigenvalue weighted by Gasteiger charge is -2.43. The summed E-state index contributed by atoms with van der Waals surface area (Å²) in [6.07, 6.45) is -4.59. The molecule has 1 aromatic carbocycles. The summed E-state index contributed by atoms with van der Waals surface area (Å²) in [6, 6.07) is 8.58.